The molecule has 22 heavy (non-hydrogen) atoms. The molecule has 3 aromatic rings. The van der Waals surface area contributed by atoms with Gasteiger partial charge in [-0.2, -0.15) is 0 Å². The second-order valence-electron chi connectivity index (χ2n) is 4.48. The van der Waals surface area contributed by atoms with Crippen molar-refractivity contribution in [3.05, 3.63) is 70.2 Å². The van der Waals surface area contributed by atoms with E-state index in [1.807, 2.05) is 24.3 Å². The highest BCUT2D eigenvalue weighted by atomic mass is 35.5. The number of hydrogen-bond donors (Lipinski definition) is 1. The van der Waals surface area contributed by atoms with Crippen LogP contribution in [0.4, 0.5) is 5.13 Å². The van der Waals surface area contributed by atoms with E-state index < -0.39 is 0 Å². The first kappa shape index (κ1) is 14.6. The highest BCUT2D eigenvalue weighted by molar-refractivity contribution is 7.15. The number of benzene rings is 1. The lowest BCUT2D eigenvalue weighted by Crippen LogP contribution is -2.13. The van der Waals surface area contributed by atoms with Gasteiger partial charge in [0.2, 0.25) is 0 Å². The van der Waals surface area contributed by atoms with Crippen LogP contribution in [0.5, 0.6) is 0 Å². The number of rotatable bonds is 4. The van der Waals surface area contributed by atoms with Crippen LogP contribution in [0.25, 0.3) is 0 Å². The summed E-state index contributed by atoms with van der Waals surface area (Å²) in [5.41, 5.74) is 1.40. The number of thiazole rings is 1. The molecule has 1 N–H and O–H groups in total. The lowest BCUT2D eigenvalue weighted by molar-refractivity contribution is 0.102. The van der Waals surface area contributed by atoms with E-state index in [4.69, 9.17) is 11.6 Å². The van der Waals surface area contributed by atoms with Crippen molar-refractivity contribution in [1.82, 2.24) is 15.0 Å². The van der Waals surface area contributed by atoms with Gasteiger partial charge in [0.15, 0.2) is 5.13 Å². The number of nitrogens with zero attached hydrogens (tertiary/aromatic N) is 3. The molecule has 7 heteroatoms. The summed E-state index contributed by atoms with van der Waals surface area (Å²) in [5.74, 6) is -0.319. The summed E-state index contributed by atoms with van der Waals surface area (Å²) in [6.07, 6.45) is 6.91. The van der Waals surface area contributed by atoms with Gasteiger partial charge >= 0.3 is 0 Å². The first-order valence-corrected chi connectivity index (χ1v) is 7.66. The molecule has 0 spiro atoms. The SMILES string of the molecule is O=C(Nc1ncc(Cc2ccc(Cl)cc2)s1)c1cnccn1. The largest absolute Gasteiger partial charge is 0.296 e. The van der Waals surface area contributed by atoms with Gasteiger partial charge in [-0.1, -0.05) is 23.7 Å². The number of amides is 1. The molecular weight excluding hydrogens is 320 g/mol. The smallest absolute Gasteiger partial charge is 0.277 e. The predicted molar refractivity (Wildman–Crippen MR) is 86.4 cm³/mol. The zero-order valence-corrected chi connectivity index (χ0v) is 12.9. The second kappa shape index (κ2) is 6.64. The normalized spacial score (nSPS) is 10.4. The lowest BCUT2D eigenvalue weighted by Gasteiger charge is -2.00. The van der Waals surface area contributed by atoms with Crippen molar-refractivity contribution < 1.29 is 4.79 Å². The molecule has 0 aliphatic heterocycles. The van der Waals surface area contributed by atoms with Crippen LogP contribution in [0.2, 0.25) is 5.02 Å². The monoisotopic (exact) mass is 330 g/mol. The Balaban J connectivity index is 1.66. The summed E-state index contributed by atoms with van der Waals surface area (Å²) in [5, 5.41) is 3.97. The Labute approximate surface area is 136 Å². The standard InChI is InChI=1S/C15H11ClN4OS/c16-11-3-1-10(2-4-11)7-12-8-19-15(22-12)20-14(21)13-9-17-5-6-18-13/h1-6,8-9H,7H2,(H,19,20,21). The fourth-order valence-electron chi connectivity index (χ4n) is 1.83. The van der Waals surface area contributed by atoms with E-state index in [0.29, 0.717) is 10.2 Å². The van der Waals surface area contributed by atoms with E-state index in [9.17, 15) is 4.79 Å². The molecule has 0 unspecified atom stereocenters. The third kappa shape index (κ3) is 3.66. The number of carbonyl (C=O) groups is 1. The molecule has 2 aromatic heterocycles. The van der Waals surface area contributed by atoms with Crippen LogP contribution in [0.3, 0.4) is 0 Å². The Bertz CT molecular complexity index is 774. The molecule has 0 saturated carbocycles. The fraction of sp³-hybridized carbons (Fsp3) is 0.0667. The maximum Gasteiger partial charge on any atom is 0.277 e. The van der Waals surface area contributed by atoms with Gasteiger partial charge in [0.25, 0.3) is 5.91 Å². The summed E-state index contributed by atoms with van der Waals surface area (Å²) in [6, 6.07) is 7.66. The minimum atomic E-state index is -0.319. The van der Waals surface area contributed by atoms with Crippen LogP contribution in [-0.4, -0.2) is 20.9 Å². The van der Waals surface area contributed by atoms with Crippen LogP contribution in [0, 0.1) is 0 Å². The van der Waals surface area contributed by atoms with Crippen LogP contribution in [0.1, 0.15) is 20.9 Å². The van der Waals surface area contributed by atoms with Gasteiger partial charge in [-0.25, -0.2) is 9.97 Å². The molecule has 3 rings (SSSR count). The molecule has 0 atom stereocenters. The van der Waals surface area contributed by atoms with E-state index in [0.717, 1.165) is 16.9 Å². The Hall–Kier alpha value is -2.31. The first-order chi connectivity index (χ1) is 10.7. The average molecular weight is 331 g/mol. The molecule has 0 saturated heterocycles. The van der Waals surface area contributed by atoms with Gasteiger partial charge in [0.05, 0.1) is 6.20 Å². The van der Waals surface area contributed by atoms with Crippen molar-refractivity contribution in [2.45, 2.75) is 6.42 Å². The van der Waals surface area contributed by atoms with E-state index >= 15 is 0 Å². The van der Waals surface area contributed by atoms with Crippen molar-refractivity contribution in [2.24, 2.45) is 0 Å². The third-order valence-electron chi connectivity index (χ3n) is 2.86. The molecule has 0 aliphatic rings. The topological polar surface area (TPSA) is 67.8 Å². The van der Waals surface area contributed by atoms with E-state index in [1.54, 1.807) is 6.20 Å². The second-order valence-corrected chi connectivity index (χ2v) is 6.03. The Morgan fingerprint density at radius 1 is 1.14 bits per heavy atom. The van der Waals surface area contributed by atoms with Crippen molar-refractivity contribution >= 4 is 34.0 Å². The molecule has 2 heterocycles. The summed E-state index contributed by atoms with van der Waals surface area (Å²) in [7, 11) is 0. The fourth-order valence-corrected chi connectivity index (χ4v) is 2.80. The molecular formula is C15H11ClN4OS. The molecule has 0 fully saturated rings. The summed E-state index contributed by atoms with van der Waals surface area (Å²) < 4.78 is 0. The Morgan fingerprint density at radius 2 is 1.95 bits per heavy atom. The van der Waals surface area contributed by atoms with Crippen LogP contribution < -0.4 is 5.32 Å². The molecule has 1 aromatic carbocycles. The number of anilines is 1. The number of halogens is 1. The van der Waals surface area contributed by atoms with E-state index in [-0.39, 0.29) is 11.6 Å². The van der Waals surface area contributed by atoms with E-state index in [2.05, 4.69) is 20.3 Å². The van der Waals surface area contributed by atoms with Crippen molar-refractivity contribution in [3.63, 3.8) is 0 Å². The number of hydrogen-bond acceptors (Lipinski definition) is 5. The van der Waals surface area contributed by atoms with Gasteiger partial charge in [0, 0.05) is 34.9 Å². The quantitative estimate of drug-likeness (QED) is 0.795. The third-order valence-corrected chi connectivity index (χ3v) is 4.03. The maximum absolute atomic E-state index is 12.0. The maximum atomic E-state index is 12.0. The predicted octanol–water partition coefficient (Wildman–Crippen LogP) is 3.43. The van der Waals surface area contributed by atoms with Gasteiger partial charge < -0.3 is 0 Å². The summed E-state index contributed by atoms with van der Waals surface area (Å²) in [6.45, 7) is 0. The van der Waals surface area contributed by atoms with Crippen LogP contribution in [-0.2, 0) is 6.42 Å². The minimum absolute atomic E-state index is 0.261. The van der Waals surface area contributed by atoms with Gasteiger partial charge in [0.1, 0.15) is 5.69 Å². The molecule has 0 radical (unpaired) electrons. The first-order valence-electron chi connectivity index (χ1n) is 6.47. The lowest BCUT2D eigenvalue weighted by atomic mass is 10.1. The zero-order chi connectivity index (χ0) is 15.4. The molecule has 0 bridgehead atoms. The van der Waals surface area contributed by atoms with Crippen LogP contribution in [0.15, 0.2) is 49.1 Å². The minimum Gasteiger partial charge on any atom is -0.296 e. The summed E-state index contributed by atoms with van der Waals surface area (Å²) in [4.78, 5) is 25.0. The number of carbonyl (C=O) groups excluding carboxylic acids is 1. The Kier molecular flexibility index (Phi) is 4.41. The highest BCUT2D eigenvalue weighted by Crippen LogP contribution is 2.22. The highest BCUT2D eigenvalue weighted by Gasteiger charge is 2.10. The van der Waals surface area contributed by atoms with Gasteiger partial charge in [-0.15, -0.1) is 11.3 Å². The zero-order valence-electron chi connectivity index (χ0n) is 11.4. The number of nitrogens with one attached hydrogen (secondary N) is 1. The van der Waals surface area contributed by atoms with Crippen molar-refractivity contribution in [3.8, 4) is 0 Å². The van der Waals surface area contributed by atoms with Crippen molar-refractivity contribution in [1.29, 1.82) is 0 Å². The molecule has 110 valence electrons. The average Bonchev–Trinajstić information content (AvgIpc) is 2.97. The van der Waals surface area contributed by atoms with E-state index in [1.165, 1.54) is 29.9 Å². The summed E-state index contributed by atoms with van der Waals surface area (Å²) >= 11 is 7.30. The van der Waals surface area contributed by atoms with Gasteiger partial charge in [-0.3, -0.25) is 15.1 Å². The Morgan fingerprint density at radius 3 is 2.68 bits per heavy atom. The van der Waals surface area contributed by atoms with Gasteiger partial charge in [-0.05, 0) is 17.7 Å². The molecule has 1 amide bonds. The van der Waals surface area contributed by atoms with Crippen molar-refractivity contribution in [2.75, 3.05) is 5.32 Å². The molecule has 5 nitrogen and oxygen atoms in total. The van der Waals surface area contributed by atoms with Crippen LogP contribution >= 0.6 is 22.9 Å². The molecule has 0 aliphatic carbocycles. The number of aromatic nitrogens is 3.